The third-order valence-electron chi connectivity index (χ3n) is 4.48. The molecule has 0 aliphatic heterocycles. The minimum absolute atomic E-state index is 0.186. The Morgan fingerprint density at radius 1 is 1.00 bits per heavy atom. The Labute approximate surface area is 177 Å². The quantitative estimate of drug-likeness (QED) is 0.579. The van der Waals surface area contributed by atoms with Crippen molar-refractivity contribution in [1.82, 2.24) is 0 Å². The zero-order valence-corrected chi connectivity index (χ0v) is 18.3. The number of hydrogen-bond donors (Lipinski definition) is 1. The number of amides is 1. The van der Waals surface area contributed by atoms with Gasteiger partial charge in [0.15, 0.2) is 13.2 Å². The van der Waals surface area contributed by atoms with Gasteiger partial charge in [-0.3, -0.25) is 4.79 Å². The molecule has 156 valence electrons. The molecule has 6 heteroatoms. The average Bonchev–Trinajstić information content (AvgIpc) is 2.67. The summed E-state index contributed by atoms with van der Waals surface area (Å²) in [7, 11) is 0. The van der Waals surface area contributed by atoms with E-state index in [1.54, 1.807) is 6.07 Å². The van der Waals surface area contributed by atoms with Crippen molar-refractivity contribution in [2.24, 2.45) is 0 Å². The van der Waals surface area contributed by atoms with E-state index in [9.17, 15) is 9.59 Å². The van der Waals surface area contributed by atoms with Gasteiger partial charge in [0.05, 0.1) is 0 Å². The summed E-state index contributed by atoms with van der Waals surface area (Å²) < 4.78 is 10.7. The second-order valence-corrected chi connectivity index (χ2v) is 7.94. The van der Waals surface area contributed by atoms with Crippen molar-refractivity contribution in [1.29, 1.82) is 0 Å². The molecule has 1 N–H and O–H groups in total. The van der Waals surface area contributed by atoms with Gasteiger partial charge in [0, 0.05) is 10.7 Å². The molecular weight excluding hydrogens is 390 g/mol. The number of anilines is 1. The molecule has 0 bridgehead atoms. The Kier molecular flexibility index (Phi) is 8.09. The van der Waals surface area contributed by atoms with Crippen LogP contribution in [-0.2, 0) is 14.3 Å². The molecule has 29 heavy (non-hydrogen) atoms. The van der Waals surface area contributed by atoms with Crippen LogP contribution in [0.1, 0.15) is 56.2 Å². The molecule has 0 unspecified atom stereocenters. The van der Waals surface area contributed by atoms with Crippen molar-refractivity contribution in [3.63, 3.8) is 0 Å². The standard InChI is InChI=1S/C23H28ClNO4/c1-14(2)17-8-6-7-9-20(17)25-22(26)12-29-23(27)13-28-21-10-16(5)19(24)11-18(21)15(3)4/h6-11,14-15H,12-13H2,1-5H3,(H,25,26). The molecule has 0 saturated carbocycles. The van der Waals surface area contributed by atoms with Gasteiger partial charge in [0.1, 0.15) is 5.75 Å². The molecule has 2 rings (SSSR count). The molecule has 0 fully saturated rings. The molecule has 0 saturated heterocycles. The summed E-state index contributed by atoms with van der Waals surface area (Å²) in [5.74, 6) is 0.0387. The molecule has 0 spiro atoms. The first-order valence-corrected chi connectivity index (χ1v) is 10.0. The summed E-state index contributed by atoms with van der Waals surface area (Å²) >= 11 is 6.18. The van der Waals surface area contributed by atoms with Crippen LogP contribution in [0, 0.1) is 6.92 Å². The largest absolute Gasteiger partial charge is 0.482 e. The van der Waals surface area contributed by atoms with E-state index in [0.717, 1.165) is 22.4 Å². The van der Waals surface area contributed by atoms with Crippen molar-refractivity contribution < 1.29 is 19.1 Å². The Balaban J connectivity index is 1.90. The first-order chi connectivity index (χ1) is 13.7. The average molecular weight is 418 g/mol. The van der Waals surface area contributed by atoms with Crippen molar-refractivity contribution in [2.75, 3.05) is 18.5 Å². The number of para-hydroxylation sites is 1. The summed E-state index contributed by atoms with van der Waals surface area (Å²) in [6.07, 6.45) is 0. The van der Waals surface area contributed by atoms with Gasteiger partial charge in [0.2, 0.25) is 0 Å². The first-order valence-electron chi connectivity index (χ1n) is 9.66. The lowest BCUT2D eigenvalue weighted by Crippen LogP contribution is -2.24. The van der Waals surface area contributed by atoms with Gasteiger partial charge in [-0.05, 0) is 53.6 Å². The Bertz CT molecular complexity index is 877. The van der Waals surface area contributed by atoms with Gasteiger partial charge in [-0.2, -0.15) is 0 Å². The van der Waals surface area contributed by atoms with E-state index in [2.05, 4.69) is 5.32 Å². The molecule has 0 heterocycles. The summed E-state index contributed by atoms with van der Waals surface area (Å²) in [5.41, 5.74) is 3.52. The van der Waals surface area contributed by atoms with Crippen LogP contribution in [0.25, 0.3) is 0 Å². The highest BCUT2D eigenvalue weighted by molar-refractivity contribution is 6.31. The predicted molar refractivity (Wildman–Crippen MR) is 116 cm³/mol. The summed E-state index contributed by atoms with van der Waals surface area (Å²) in [4.78, 5) is 24.2. The van der Waals surface area contributed by atoms with Crippen LogP contribution in [0.4, 0.5) is 5.69 Å². The summed E-state index contributed by atoms with van der Waals surface area (Å²) in [6, 6.07) is 11.2. The SMILES string of the molecule is Cc1cc(OCC(=O)OCC(=O)Nc2ccccc2C(C)C)c(C(C)C)cc1Cl. The number of rotatable bonds is 8. The fraction of sp³-hybridized carbons (Fsp3) is 0.391. The van der Waals surface area contributed by atoms with Crippen LogP contribution in [0.15, 0.2) is 36.4 Å². The normalized spacial score (nSPS) is 10.9. The molecule has 2 aromatic carbocycles. The molecule has 0 aliphatic rings. The number of benzene rings is 2. The van der Waals surface area contributed by atoms with Gasteiger partial charge in [-0.15, -0.1) is 0 Å². The molecule has 0 aliphatic carbocycles. The lowest BCUT2D eigenvalue weighted by Gasteiger charge is -2.16. The Morgan fingerprint density at radius 2 is 1.66 bits per heavy atom. The van der Waals surface area contributed by atoms with E-state index in [1.807, 2.05) is 65.0 Å². The highest BCUT2D eigenvalue weighted by atomic mass is 35.5. The van der Waals surface area contributed by atoms with Crippen LogP contribution >= 0.6 is 11.6 Å². The van der Waals surface area contributed by atoms with E-state index >= 15 is 0 Å². The zero-order chi connectivity index (χ0) is 21.6. The molecule has 2 aromatic rings. The minimum atomic E-state index is -0.611. The number of nitrogens with one attached hydrogen (secondary N) is 1. The monoisotopic (exact) mass is 417 g/mol. The number of carbonyl (C=O) groups is 2. The first kappa shape index (κ1) is 22.8. The van der Waals surface area contributed by atoms with E-state index in [0.29, 0.717) is 10.8 Å². The van der Waals surface area contributed by atoms with Gasteiger partial charge in [-0.1, -0.05) is 57.5 Å². The van der Waals surface area contributed by atoms with Crippen LogP contribution in [-0.4, -0.2) is 25.1 Å². The maximum Gasteiger partial charge on any atom is 0.344 e. The topological polar surface area (TPSA) is 64.6 Å². The highest BCUT2D eigenvalue weighted by Crippen LogP contribution is 2.32. The second kappa shape index (κ2) is 10.3. The summed E-state index contributed by atoms with van der Waals surface area (Å²) in [6.45, 7) is 9.36. The third kappa shape index (κ3) is 6.50. The predicted octanol–water partition coefficient (Wildman–Crippen LogP) is 5.46. The van der Waals surface area contributed by atoms with Crippen molar-refractivity contribution >= 4 is 29.2 Å². The van der Waals surface area contributed by atoms with Gasteiger partial charge < -0.3 is 14.8 Å². The fourth-order valence-corrected chi connectivity index (χ4v) is 3.04. The van der Waals surface area contributed by atoms with Gasteiger partial charge in [-0.25, -0.2) is 4.79 Å². The molecule has 0 radical (unpaired) electrons. The van der Waals surface area contributed by atoms with Gasteiger partial charge >= 0.3 is 5.97 Å². The van der Waals surface area contributed by atoms with E-state index in [4.69, 9.17) is 21.1 Å². The van der Waals surface area contributed by atoms with Crippen LogP contribution < -0.4 is 10.1 Å². The number of ether oxygens (including phenoxy) is 2. The van der Waals surface area contributed by atoms with Crippen LogP contribution in [0.3, 0.4) is 0 Å². The maximum absolute atomic E-state index is 12.1. The van der Waals surface area contributed by atoms with Gasteiger partial charge in [0.25, 0.3) is 5.91 Å². The molecule has 0 atom stereocenters. The van der Waals surface area contributed by atoms with E-state index < -0.39 is 11.9 Å². The number of esters is 1. The van der Waals surface area contributed by atoms with Crippen molar-refractivity contribution in [2.45, 2.75) is 46.5 Å². The Morgan fingerprint density at radius 3 is 2.31 bits per heavy atom. The lowest BCUT2D eigenvalue weighted by molar-refractivity contribution is -0.149. The molecular formula is C23H28ClNO4. The smallest absolute Gasteiger partial charge is 0.344 e. The van der Waals surface area contributed by atoms with Crippen LogP contribution in [0.5, 0.6) is 5.75 Å². The minimum Gasteiger partial charge on any atom is -0.482 e. The molecule has 1 amide bonds. The zero-order valence-electron chi connectivity index (χ0n) is 17.5. The number of halogens is 1. The third-order valence-corrected chi connectivity index (χ3v) is 4.89. The number of carbonyl (C=O) groups excluding carboxylic acids is 2. The van der Waals surface area contributed by atoms with E-state index in [1.165, 1.54) is 0 Å². The van der Waals surface area contributed by atoms with Crippen molar-refractivity contribution in [3.05, 3.63) is 58.1 Å². The van der Waals surface area contributed by atoms with Crippen molar-refractivity contribution in [3.8, 4) is 5.75 Å². The number of hydrogen-bond acceptors (Lipinski definition) is 4. The fourth-order valence-electron chi connectivity index (χ4n) is 2.87. The Hall–Kier alpha value is -2.53. The van der Waals surface area contributed by atoms with E-state index in [-0.39, 0.29) is 25.0 Å². The molecule has 5 nitrogen and oxygen atoms in total. The lowest BCUT2D eigenvalue weighted by atomic mass is 10.0. The highest BCUT2D eigenvalue weighted by Gasteiger charge is 2.15. The molecule has 0 aromatic heterocycles. The number of aryl methyl sites for hydroxylation is 1. The van der Waals surface area contributed by atoms with Crippen LogP contribution in [0.2, 0.25) is 5.02 Å². The maximum atomic E-state index is 12.1. The second-order valence-electron chi connectivity index (χ2n) is 7.53. The summed E-state index contributed by atoms with van der Waals surface area (Å²) in [5, 5.41) is 3.44.